The molecule has 2 rings (SSSR count). The molecule has 1 N–H and O–H groups in total. The quantitative estimate of drug-likeness (QED) is 0.129. The standard InChI is InChI=1S/C33H54N2O5S/c1-5-7-8-9-10-11-12-13-14-15-16-17-18-19-20-22-39-27-23-29(40-30(37)24-27)28(21-6-2)34-32(38)33(4)25-41-31(35-33)26(3)36/h23-24,28H,5-22,25H2,1-4H3,(H,34,38)/t28-,33+/m1/s1. The van der Waals surface area contributed by atoms with Gasteiger partial charge in [0, 0.05) is 18.7 Å². The van der Waals surface area contributed by atoms with Crippen LogP contribution in [0, 0.1) is 0 Å². The maximum atomic E-state index is 13.1. The lowest BCUT2D eigenvalue weighted by Crippen LogP contribution is -2.45. The van der Waals surface area contributed by atoms with E-state index >= 15 is 0 Å². The minimum Gasteiger partial charge on any atom is -0.493 e. The Balaban J connectivity index is 1.68. The van der Waals surface area contributed by atoms with Crippen molar-refractivity contribution in [2.45, 2.75) is 148 Å². The summed E-state index contributed by atoms with van der Waals surface area (Å²) >= 11 is 1.30. The van der Waals surface area contributed by atoms with Crippen molar-refractivity contribution in [3.63, 3.8) is 0 Å². The van der Waals surface area contributed by atoms with Crippen LogP contribution in [-0.4, -0.2) is 34.6 Å². The highest BCUT2D eigenvalue weighted by Gasteiger charge is 2.40. The molecule has 41 heavy (non-hydrogen) atoms. The summed E-state index contributed by atoms with van der Waals surface area (Å²) in [6.45, 7) is 8.00. The first-order valence-electron chi connectivity index (χ1n) is 16.1. The first-order valence-corrected chi connectivity index (χ1v) is 17.1. The number of amides is 1. The zero-order chi connectivity index (χ0) is 29.9. The molecule has 0 fully saturated rings. The molecule has 0 radical (unpaired) electrons. The lowest BCUT2D eigenvalue weighted by molar-refractivity contribution is -0.125. The van der Waals surface area contributed by atoms with E-state index in [1.807, 2.05) is 6.92 Å². The molecular formula is C33H54N2O5S. The Bertz CT molecular complexity index is 1010. The normalized spacial score (nSPS) is 17.3. The minimum absolute atomic E-state index is 0.137. The molecule has 1 aromatic heterocycles. The molecule has 0 spiro atoms. The molecule has 232 valence electrons. The zero-order valence-electron chi connectivity index (χ0n) is 26.1. The first kappa shape index (κ1) is 35.1. The number of thioether (sulfide) groups is 1. The highest BCUT2D eigenvalue weighted by molar-refractivity contribution is 8.16. The van der Waals surface area contributed by atoms with E-state index in [0.29, 0.717) is 35.3 Å². The average molecular weight is 591 g/mol. The van der Waals surface area contributed by atoms with E-state index < -0.39 is 17.2 Å². The van der Waals surface area contributed by atoms with Gasteiger partial charge in [-0.3, -0.25) is 14.6 Å². The molecule has 1 amide bonds. The van der Waals surface area contributed by atoms with E-state index in [0.717, 1.165) is 19.3 Å². The van der Waals surface area contributed by atoms with Crippen molar-refractivity contribution in [3.05, 3.63) is 28.3 Å². The molecule has 1 aliphatic rings. The van der Waals surface area contributed by atoms with Gasteiger partial charge < -0.3 is 14.5 Å². The Morgan fingerprint density at radius 2 is 1.49 bits per heavy atom. The maximum Gasteiger partial charge on any atom is 0.339 e. The predicted octanol–water partition coefficient (Wildman–Crippen LogP) is 8.34. The van der Waals surface area contributed by atoms with Gasteiger partial charge in [-0.15, -0.1) is 11.8 Å². The second-order valence-electron chi connectivity index (χ2n) is 11.7. The molecule has 1 aromatic rings. The van der Waals surface area contributed by atoms with Crippen molar-refractivity contribution in [3.8, 4) is 5.75 Å². The zero-order valence-corrected chi connectivity index (χ0v) is 26.9. The van der Waals surface area contributed by atoms with E-state index in [9.17, 15) is 14.4 Å². The van der Waals surface area contributed by atoms with Crippen LogP contribution >= 0.6 is 11.8 Å². The summed E-state index contributed by atoms with van der Waals surface area (Å²) in [5.74, 6) is 0.826. The minimum atomic E-state index is -1.03. The fourth-order valence-corrected chi connectivity index (χ4v) is 6.16. The summed E-state index contributed by atoms with van der Waals surface area (Å²) in [7, 11) is 0. The molecule has 1 aliphatic heterocycles. The van der Waals surface area contributed by atoms with Gasteiger partial charge in [0.15, 0.2) is 5.78 Å². The summed E-state index contributed by atoms with van der Waals surface area (Å²) < 4.78 is 11.4. The van der Waals surface area contributed by atoms with Gasteiger partial charge in [0.25, 0.3) is 0 Å². The topological polar surface area (TPSA) is 98.0 Å². The summed E-state index contributed by atoms with van der Waals surface area (Å²) in [5.41, 5.74) is -1.52. The van der Waals surface area contributed by atoms with Gasteiger partial charge in [-0.2, -0.15) is 0 Å². The van der Waals surface area contributed by atoms with Crippen LogP contribution < -0.4 is 15.7 Å². The number of rotatable bonds is 23. The second-order valence-corrected chi connectivity index (χ2v) is 12.6. The molecule has 2 atom stereocenters. The van der Waals surface area contributed by atoms with Crippen molar-refractivity contribution < 1.29 is 18.7 Å². The lowest BCUT2D eigenvalue weighted by Gasteiger charge is -2.24. The maximum absolute atomic E-state index is 13.1. The second kappa shape index (κ2) is 19.9. The molecule has 0 aliphatic carbocycles. The van der Waals surface area contributed by atoms with Crippen LogP contribution in [-0.2, 0) is 9.59 Å². The van der Waals surface area contributed by atoms with Gasteiger partial charge in [0.05, 0.1) is 18.7 Å². The Hall–Kier alpha value is -2.09. The smallest absolute Gasteiger partial charge is 0.339 e. The van der Waals surface area contributed by atoms with Crippen LogP contribution in [0.25, 0.3) is 0 Å². The van der Waals surface area contributed by atoms with Gasteiger partial charge in [-0.05, 0) is 19.8 Å². The van der Waals surface area contributed by atoms with E-state index in [1.54, 1.807) is 13.0 Å². The van der Waals surface area contributed by atoms with Crippen LogP contribution in [0.2, 0.25) is 0 Å². The van der Waals surface area contributed by atoms with Crippen LogP contribution in [0.15, 0.2) is 26.3 Å². The number of aliphatic imine (C=N–C) groups is 1. The summed E-state index contributed by atoms with van der Waals surface area (Å²) in [5, 5.41) is 3.37. The van der Waals surface area contributed by atoms with E-state index in [-0.39, 0.29) is 11.7 Å². The van der Waals surface area contributed by atoms with Gasteiger partial charge in [-0.25, -0.2) is 4.79 Å². The van der Waals surface area contributed by atoms with E-state index in [2.05, 4.69) is 17.2 Å². The Kier molecular flexibility index (Phi) is 17.1. The van der Waals surface area contributed by atoms with Crippen molar-refractivity contribution in [2.24, 2.45) is 4.99 Å². The number of hydrogen-bond donors (Lipinski definition) is 1. The third kappa shape index (κ3) is 13.6. The number of Topliss-reactive ketones (excluding diaryl/α,β-unsaturated/α-hetero) is 1. The van der Waals surface area contributed by atoms with Gasteiger partial charge in [-0.1, -0.05) is 110 Å². The number of carbonyl (C=O) groups excluding carboxylic acids is 2. The Morgan fingerprint density at radius 1 is 0.927 bits per heavy atom. The third-order valence-electron chi connectivity index (χ3n) is 7.63. The van der Waals surface area contributed by atoms with Crippen molar-refractivity contribution in [1.82, 2.24) is 5.32 Å². The molecule has 0 bridgehead atoms. The van der Waals surface area contributed by atoms with Crippen LogP contribution in [0.1, 0.15) is 149 Å². The van der Waals surface area contributed by atoms with E-state index in [4.69, 9.17) is 9.15 Å². The van der Waals surface area contributed by atoms with Crippen molar-refractivity contribution in [1.29, 1.82) is 0 Å². The summed E-state index contributed by atoms with van der Waals surface area (Å²) in [6.07, 6.45) is 21.0. The number of ketones is 1. The molecule has 7 nitrogen and oxygen atoms in total. The summed E-state index contributed by atoms with van der Waals surface area (Å²) in [6, 6.07) is 2.59. The number of unbranched alkanes of at least 4 members (excludes halogenated alkanes) is 14. The number of carbonyl (C=O) groups is 2. The fraction of sp³-hybridized carbons (Fsp3) is 0.758. The van der Waals surface area contributed by atoms with Crippen LogP contribution in [0.3, 0.4) is 0 Å². The molecule has 0 unspecified atom stereocenters. The fourth-order valence-electron chi connectivity index (χ4n) is 5.07. The van der Waals surface area contributed by atoms with Gasteiger partial charge in [0.1, 0.15) is 22.1 Å². The number of nitrogens with zero attached hydrogens (tertiary/aromatic N) is 1. The average Bonchev–Trinajstić information content (AvgIpc) is 3.36. The molecule has 0 saturated carbocycles. The molecule has 0 saturated heterocycles. The first-order chi connectivity index (χ1) is 19.8. The Labute approximate surface area is 252 Å². The third-order valence-corrected chi connectivity index (χ3v) is 8.99. The molecular weight excluding hydrogens is 536 g/mol. The van der Waals surface area contributed by atoms with Crippen LogP contribution in [0.4, 0.5) is 0 Å². The molecule has 0 aromatic carbocycles. The SMILES string of the molecule is CCCCCCCCCCCCCCCCCOc1cc([C@@H](CCC)NC(=O)[C@]2(C)CSC(C(C)=O)=N2)oc(=O)c1. The highest BCUT2D eigenvalue weighted by atomic mass is 32.2. The number of hydrogen-bond acceptors (Lipinski definition) is 7. The molecule has 8 heteroatoms. The van der Waals surface area contributed by atoms with E-state index in [1.165, 1.54) is 108 Å². The highest BCUT2D eigenvalue weighted by Crippen LogP contribution is 2.30. The number of nitrogens with one attached hydrogen (secondary N) is 1. The predicted molar refractivity (Wildman–Crippen MR) is 170 cm³/mol. The van der Waals surface area contributed by atoms with Crippen molar-refractivity contribution in [2.75, 3.05) is 12.4 Å². The number of ether oxygens (including phenoxy) is 1. The monoisotopic (exact) mass is 590 g/mol. The lowest BCUT2D eigenvalue weighted by atomic mass is 10.0. The van der Waals surface area contributed by atoms with Gasteiger partial charge >= 0.3 is 5.63 Å². The van der Waals surface area contributed by atoms with Crippen molar-refractivity contribution >= 4 is 28.5 Å². The summed E-state index contributed by atoms with van der Waals surface area (Å²) in [4.78, 5) is 41.5. The van der Waals surface area contributed by atoms with Crippen LogP contribution in [0.5, 0.6) is 5.75 Å². The largest absolute Gasteiger partial charge is 0.493 e. The molecule has 2 heterocycles. The van der Waals surface area contributed by atoms with Gasteiger partial charge in [0.2, 0.25) is 5.91 Å². The Morgan fingerprint density at radius 3 is 2.00 bits per heavy atom.